The molecule has 3 aliphatic rings. The average molecular weight is 264 g/mol. The molecule has 2 aliphatic carbocycles. The molecule has 0 spiro atoms. The van der Waals surface area contributed by atoms with Crippen molar-refractivity contribution in [3.05, 3.63) is 0 Å². The Labute approximate surface area is 114 Å². The highest BCUT2D eigenvalue weighted by Gasteiger charge is 2.45. The molecule has 2 amide bonds. The second kappa shape index (κ2) is 5.14. The Hall–Kier alpha value is -1.06. The van der Waals surface area contributed by atoms with E-state index in [2.05, 4.69) is 12.2 Å². The van der Waals surface area contributed by atoms with E-state index in [0.717, 1.165) is 19.3 Å². The number of amides is 2. The Balaban J connectivity index is 1.75. The van der Waals surface area contributed by atoms with Gasteiger partial charge in [-0.15, -0.1) is 0 Å². The Kier molecular flexibility index (Phi) is 3.50. The summed E-state index contributed by atoms with van der Waals surface area (Å²) in [5, 5.41) is 3.00. The van der Waals surface area contributed by atoms with E-state index in [0.29, 0.717) is 30.8 Å². The van der Waals surface area contributed by atoms with E-state index in [1.54, 1.807) is 0 Å². The van der Waals surface area contributed by atoms with Crippen LogP contribution in [0, 0.1) is 11.8 Å². The quantitative estimate of drug-likeness (QED) is 0.825. The van der Waals surface area contributed by atoms with Gasteiger partial charge in [-0.05, 0) is 31.1 Å². The minimum absolute atomic E-state index is 0.0553. The van der Waals surface area contributed by atoms with E-state index in [1.165, 1.54) is 19.3 Å². The molecule has 106 valence electrons. The van der Waals surface area contributed by atoms with Crippen LogP contribution in [-0.2, 0) is 9.59 Å². The Morgan fingerprint density at radius 2 is 1.84 bits per heavy atom. The van der Waals surface area contributed by atoms with Crippen LogP contribution in [0.15, 0.2) is 0 Å². The van der Waals surface area contributed by atoms with E-state index in [9.17, 15) is 9.59 Å². The third-order valence-corrected chi connectivity index (χ3v) is 5.03. The highest BCUT2D eigenvalue weighted by atomic mass is 16.2. The lowest BCUT2D eigenvalue weighted by Gasteiger charge is -2.32. The van der Waals surface area contributed by atoms with Gasteiger partial charge in [-0.1, -0.05) is 26.2 Å². The second-order valence-corrected chi connectivity index (χ2v) is 6.51. The topological polar surface area (TPSA) is 49.4 Å². The first kappa shape index (κ1) is 12.9. The van der Waals surface area contributed by atoms with Crippen molar-refractivity contribution in [2.45, 2.75) is 64.0 Å². The van der Waals surface area contributed by atoms with E-state index >= 15 is 0 Å². The van der Waals surface area contributed by atoms with Gasteiger partial charge in [0.25, 0.3) is 0 Å². The number of nitrogens with one attached hydrogen (secondary N) is 1. The summed E-state index contributed by atoms with van der Waals surface area (Å²) in [5.41, 5.74) is 0. The van der Waals surface area contributed by atoms with Gasteiger partial charge in [0.05, 0.1) is 0 Å². The number of hydrogen-bond donors (Lipinski definition) is 1. The van der Waals surface area contributed by atoms with Crippen LogP contribution in [0.25, 0.3) is 0 Å². The average Bonchev–Trinajstić information content (AvgIpc) is 3.15. The third-order valence-electron chi connectivity index (χ3n) is 5.03. The van der Waals surface area contributed by atoms with Gasteiger partial charge in [0.1, 0.15) is 6.04 Å². The molecule has 1 N–H and O–H groups in total. The lowest BCUT2D eigenvalue weighted by atomic mass is 9.83. The molecule has 1 saturated heterocycles. The molecule has 1 heterocycles. The van der Waals surface area contributed by atoms with E-state index in [4.69, 9.17) is 0 Å². The van der Waals surface area contributed by atoms with Gasteiger partial charge >= 0.3 is 0 Å². The number of carbonyl (C=O) groups excluding carboxylic acids is 2. The summed E-state index contributed by atoms with van der Waals surface area (Å²) in [4.78, 5) is 26.6. The van der Waals surface area contributed by atoms with Crippen molar-refractivity contribution in [1.82, 2.24) is 10.2 Å². The van der Waals surface area contributed by atoms with Gasteiger partial charge in [0.15, 0.2) is 0 Å². The molecule has 0 aromatic carbocycles. The fourth-order valence-corrected chi connectivity index (χ4v) is 3.67. The summed E-state index contributed by atoms with van der Waals surface area (Å²) in [6.07, 6.45) is 7.42. The van der Waals surface area contributed by atoms with Crippen molar-refractivity contribution in [3.8, 4) is 0 Å². The van der Waals surface area contributed by atoms with Gasteiger partial charge in [0.2, 0.25) is 11.8 Å². The summed E-state index contributed by atoms with van der Waals surface area (Å²) in [6.45, 7) is 2.80. The fourth-order valence-electron chi connectivity index (χ4n) is 3.67. The van der Waals surface area contributed by atoms with Crippen LogP contribution >= 0.6 is 0 Å². The maximum atomic E-state index is 12.7. The second-order valence-electron chi connectivity index (χ2n) is 6.51. The van der Waals surface area contributed by atoms with Gasteiger partial charge in [-0.25, -0.2) is 0 Å². The van der Waals surface area contributed by atoms with Crippen LogP contribution in [0.2, 0.25) is 0 Å². The summed E-state index contributed by atoms with van der Waals surface area (Å²) in [7, 11) is 0. The van der Waals surface area contributed by atoms with E-state index < -0.39 is 0 Å². The number of carbonyl (C=O) groups is 2. The maximum Gasteiger partial charge on any atom is 0.245 e. The minimum atomic E-state index is -0.247. The van der Waals surface area contributed by atoms with Crippen LogP contribution in [0.1, 0.15) is 51.9 Å². The standard InChI is InChI=1S/C15H24N2O2/c1-10-9-12(10)17-8-7-13(18)16-14(15(17)19)11-5-3-2-4-6-11/h10-12,14H,2-9H2,1H3,(H,16,18). The van der Waals surface area contributed by atoms with Crippen LogP contribution in [-0.4, -0.2) is 35.3 Å². The highest BCUT2D eigenvalue weighted by Crippen LogP contribution is 2.37. The van der Waals surface area contributed by atoms with Crippen LogP contribution < -0.4 is 5.32 Å². The molecule has 3 unspecified atom stereocenters. The van der Waals surface area contributed by atoms with Gasteiger partial charge in [0, 0.05) is 19.0 Å². The normalized spacial score (nSPS) is 36.9. The van der Waals surface area contributed by atoms with Crippen molar-refractivity contribution in [2.75, 3.05) is 6.54 Å². The molecule has 4 nitrogen and oxygen atoms in total. The number of rotatable bonds is 2. The molecule has 3 atom stereocenters. The van der Waals surface area contributed by atoms with Crippen LogP contribution in [0.5, 0.6) is 0 Å². The van der Waals surface area contributed by atoms with Crippen LogP contribution in [0.4, 0.5) is 0 Å². The largest absolute Gasteiger partial charge is 0.344 e. The predicted molar refractivity (Wildman–Crippen MR) is 72.4 cm³/mol. The number of hydrogen-bond acceptors (Lipinski definition) is 2. The fraction of sp³-hybridized carbons (Fsp3) is 0.867. The lowest BCUT2D eigenvalue weighted by molar-refractivity contribution is -0.136. The van der Waals surface area contributed by atoms with E-state index in [1.807, 2.05) is 4.90 Å². The molecule has 4 heteroatoms. The first-order valence-electron chi connectivity index (χ1n) is 7.76. The molecule has 1 aliphatic heterocycles. The van der Waals surface area contributed by atoms with Crippen molar-refractivity contribution in [2.24, 2.45) is 11.8 Å². The van der Waals surface area contributed by atoms with Gasteiger partial charge < -0.3 is 10.2 Å². The lowest BCUT2D eigenvalue weighted by Crippen LogP contribution is -2.50. The monoisotopic (exact) mass is 264 g/mol. The Morgan fingerprint density at radius 1 is 1.16 bits per heavy atom. The zero-order chi connectivity index (χ0) is 13.4. The van der Waals surface area contributed by atoms with Crippen molar-refractivity contribution in [3.63, 3.8) is 0 Å². The van der Waals surface area contributed by atoms with E-state index in [-0.39, 0.29) is 17.9 Å². The summed E-state index contributed by atoms with van der Waals surface area (Å²) < 4.78 is 0. The molecule has 0 aromatic heterocycles. The van der Waals surface area contributed by atoms with Gasteiger partial charge in [-0.3, -0.25) is 9.59 Å². The summed E-state index contributed by atoms with van der Waals surface area (Å²) in [5.74, 6) is 1.22. The smallest absolute Gasteiger partial charge is 0.245 e. The summed E-state index contributed by atoms with van der Waals surface area (Å²) >= 11 is 0. The predicted octanol–water partition coefficient (Wildman–Crippen LogP) is 1.69. The molecule has 0 bridgehead atoms. The highest BCUT2D eigenvalue weighted by molar-refractivity contribution is 5.90. The zero-order valence-electron chi connectivity index (χ0n) is 11.7. The first-order chi connectivity index (χ1) is 9.16. The number of nitrogens with zero attached hydrogens (tertiary/aromatic N) is 1. The molecule has 0 radical (unpaired) electrons. The van der Waals surface area contributed by atoms with Crippen LogP contribution in [0.3, 0.4) is 0 Å². The van der Waals surface area contributed by atoms with Crippen molar-refractivity contribution < 1.29 is 9.59 Å². The third kappa shape index (κ3) is 2.63. The van der Waals surface area contributed by atoms with Crippen molar-refractivity contribution in [1.29, 1.82) is 0 Å². The maximum absolute atomic E-state index is 12.7. The molecule has 19 heavy (non-hydrogen) atoms. The molecular weight excluding hydrogens is 240 g/mol. The first-order valence-corrected chi connectivity index (χ1v) is 7.76. The minimum Gasteiger partial charge on any atom is -0.344 e. The van der Waals surface area contributed by atoms with Crippen molar-refractivity contribution >= 4 is 11.8 Å². The SMILES string of the molecule is CC1CC1N1CCC(=O)NC(C2CCCCC2)C1=O. The summed E-state index contributed by atoms with van der Waals surface area (Å²) in [6, 6.07) is 0.148. The van der Waals surface area contributed by atoms with Gasteiger partial charge in [-0.2, -0.15) is 0 Å². The Morgan fingerprint density at radius 3 is 2.47 bits per heavy atom. The molecule has 2 saturated carbocycles. The molecular formula is C15H24N2O2. The Bertz CT molecular complexity index is 376. The molecule has 3 fully saturated rings. The zero-order valence-corrected chi connectivity index (χ0v) is 11.7. The molecule has 3 rings (SSSR count). The molecule has 0 aromatic rings.